The first-order valence-corrected chi connectivity index (χ1v) is 14.0. The van der Waals surface area contributed by atoms with Gasteiger partial charge >= 0.3 is 0 Å². The largest absolute Gasteiger partial charge is 0.358 e. The summed E-state index contributed by atoms with van der Waals surface area (Å²) in [6.07, 6.45) is 8.03. The molecule has 41 heavy (non-hydrogen) atoms. The monoisotopic (exact) mass is 557 g/mol. The lowest BCUT2D eigenvalue weighted by Gasteiger charge is -2.11. The minimum Gasteiger partial charge on any atom is -0.358 e. The Labute approximate surface area is 241 Å². The van der Waals surface area contributed by atoms with Gasteiger partial charge in [0.05, 0.1) is 23.1 Å². The molecule has 0 aliphatic carbocycles. The molecule has 3 N–H and O–H groups in total. The van der Waals surface area contributed by atoms with Crippen LogP contribution in [0.1, 0.15) is 21.7 Å². The summed E-state index contributed by atoms with van der Waals surface area (Å²) in [4.78, 5) is 8.81. The van der Waals surface area contributed by atoms with E-state index < -0.39 is 0 Å². The molecule has 4 aromatic heterocycles. The van der Waals surface area contributed by atoms with E-state index in [0.29, 0.717) is 0 Å². The van der Waals surface area contributed by atoms with E-state index in [2.05, 4.69) is 75.0 Å². The van der Waals surface area contributed by atoms with Crippen LogP contribution in [0.15, 0.2) is 116 Å². The molecular formula is C34H28FN5S. The minimum absolute atomic E-state index is 0.219. The van der Waals surface area contributed by atoms with Crippen molar-refractivity contribution in [1.29, 1.82) is 0 Å². The fraction of sp³-hybridized carbons (Fsp3) is 0.0588. The van der Waals surface area contributed by atoms with Crippen molar-refractivity contribution in [3.63, 3.8) is 0 Å². The Bertz CT molecular complexity index is 1910. The van der Waals surface area contributed by atoms with Crippen molar-refractivity contribution < 1.29 is 4.39 Å². The van der Waals surface area contributed by atoms with Crippen LogP contribution in [0.5, 0.6) is 0 Å². The van der Waals surface area contributed by atoms with Gasteiger partial charge in [0.2, 0.25) is 0 Å². The first-order valence-electron chi connectivity index (χ1n) is 13.2. The van der Waals surface area contributed by atoms with Crippen molar-refractivity contribution in [2.75, 3.05) is 5.32 Å². The Kier molecular flexibility index (Phi) is 7.18. The number of fused-ring (bicyclic) bond motifs is 1. The average molecular weight is 558 g/mol. The van der Waals surface area contributed by atoms with Gasteiger partial charge in [-0.1, -0.05) is 61.7 Å². The number of halogens is 1. The van der Waals surface area contributed by atoms with E-state index >= 15 is 0 Å². The number of nitrogens with zero attached hydrogens (tertiary/aromatic N) is 2. The Morgan fingerprint density at radius 2 is 1.88 bits per heavy atom. The van der Waals surface area contributed by atoms with Crippen LogP contribution < -0.4 is 5.32 Å². The highest BCUT2D eigenvalue weighted by atomic mass is 32.1. The zero-order valence-electron chi connectivity index (χ0n) is 22.5. The molecule has 0 radical (unpaired) electrons. The van der Waals surface area contributed by atoms with Crippen LogP contribution in [0.3, 0.4) is 0 Å². The molecule has 6 aromatic rings. The maximum absolute atomic E-state index is 13.8. The molecule has 0 bridgehead atoms. The first kappa shape index (κ1) is 26.2. The molecule has 6 rings (SSSR count). The maximum atomic E-state index is 13.8. The Morgan fingerprint density at radius 3 is 2.66 bits per heavy atom. The molecule has 5 nitrogen and oxygen atoms in total. The fourth-order valence-corrected chi connectivity index (χ4v) is 5.77. The van der Waals surface area contributed by atoms with Gasteiger partial charge in [-0.05, 0) is 54.4 Å². The number of pyridine rings is 1. The molecule has 202 valence electrons. The summed E-state index contributed by atoms with van der Waals surface area (Å²) < 4.78 is 13.8. The Morgan fingerprint density at radius 1 is 1.02 bits per heavy atom. The summed E-state index contributed by atoms with van der Waals surface area (Å²) in [6.45, 7) is 10.1. The summed E-state index contributed by atoms with van der Waals surface area (Å²) in [5.41, 5.74) is 10.5. The van der Waals surface area contributed by atoms with Crippen LogP contribution in [0.25, 0.3) is 39.0 Å². The quantitative estimate of drug-likeness (QED) is 0.155. The van der Waals surface area contributed by atoms with E-state index in [1.807, 2.05) is 43.5 Å². The molecule has 0 unspecified atom stereocenters. The van der Waals surface area contributed by atoms with Gasteiger partial charge in [-0.2, -0.15) is 9.49 Å². The number of hydrogen-bond donors (Lipinski definition) is 3. The molecule has 0 saturated heterocycles. The van der Waals surface area contributed by atoms with Gasteiger partial charge in [-0.3, -0.25) is 10.1 Å². The molecule has 0 aliphatic rings. The van der Waals surface area contributed by atoms with Crippen molar-refractivity contribution in [1.82, 2.24) is 20.2 Å². The van der Waals surface area contributed by atoms with Gasteiger partial charge in [0.1, 0.15) is 5.69 Å². The number of aromatic nitrogens is 4. The number of allylic oxidation sites excluding steroid dienone is 3. The zero-order chi connectivity index (χ0) is 28.3. The topological polar surface area (TPSA) is 69.4 Å². The molecule has 0 amide bonds. The first-order chi connectivity index (χ1) is 20.0. The molecule has 0 spiro atoms. The average Bonchev–Trinajstić information content (AvgIpc) is 3.70. The standard InChI is InChI=1S/C34H28FN5S/c1-4-8-27(32-13-14-33(35)41-32)28-18-31(38-22(28)3)34-29-17-24(11-12-30(29)39-40-34)25-16-26(20-36-19-25)37-21(2)15-23-9-6-5-7-10-23/h4-14,16-20,37-38H,1-2,15H2,3H3,(H,39,40)/b27-8+. The highest BCUT2D eigenvalue weighted by Gasteiger charge is 2.17. The molecule has 7 heteroatoms. The summed E-state index contributed by atoms with van der Waals surface area (Å²) >= 11 is 1.12. The van der Waals surface area contributed by atoms with Gasteiger partial charge in [0, 0.05) is 51.0 Å². The fourth-order valence-electron chi connectivity index (χ4n) is 5.00. The van der Waals surface area contributed by atoms with Crippen LogP contribution >= 0.6 is 11.3 Å². The zero-order valence-corrected chi connectivity index (χ0v) is 23.4. The van der Waals surface area contributed by atoms with Crippen LogP contribution in [0.4, 0.5) is 10.1 Å². The molecular weight excluding hydrogens is 529 g/mol. The smallest absolute Gasteiger partial charge is 0.176 e. The second-order valence-electron chi connectivity index (χ2n) is 9.83. The minimum atomic E-state index is -0.219. The van der Waals surface area contributed by atoms with Gasteiger partial charge in [0.15, 0.2) is 5.13 Å². The maximum Gasteiger partial charge on any atom is 0.176 e. The predicted octanol–water partition coefficient (Wildman–Crippen LogP) is 8.92. The van der Waals surface area contributed by atoms with Crippen LogP contribution in [-0.4, -0.2) is 20.2 Å². The summed E-state index contributed by atoms with van der Waals surface area (Å²) in [5.74, 6) is 0. The summed E-state index contributed by atoms with van der Waals surface area (Å²) in [7, 11) is 0. The third-order valence-corrected chi connectivity index (χ3v) is 7.81. The third kappa shape index (κ3) is 5.53. The van der Waals surface area contributed by atoms with Gasteiger partial charge in [-0.25, -0.2) is 0 Å². The van der Waals surface area contributed by atoms with E-state index in [4.69, 9.17) is 0 Å². The van der Waals surface area contributed by atoms with Crippen LogP contribution in [0.2, 0.25) is 0 Å². The van der Waals surface area contributed by atoms with Gasteiger partial charge < -0.3 is 10.3 Å². The highest BCUT2D eigenvalue weighted by Crippen LogP contribution is 2.36. The number of benzene rings is 2. The number of nitrogens with one attached hydrogen (secondary N) is 3. The second-order valence-corrected chi connectivity index (χ2v) is 10.9. The summed E-state index contributed by atoms with van der Waals surface area (Å²) in [5, 5.41) is 12.0. The van der Waals surface area contributed by atoms with Crippen LogP contribution in [0, 0.1) is 12.1 Å². The number of rotatable bonds is 9. The van der Waals surface area contributed by atoms with E-state index in [0.717, 1.165) is 84.3 Å². The third-order valence-electron chi connectivity index (χ3n) is 6.90. The van der Waals surface area contributed by atoms with Crippen molar-refractivity contribution in [2.45, 2.75) is 13.3 Å². The Hall–Kier alpha value is -5.01. The molecule has 0 atom stereocenters. The number of H-pyrrole nitrogens is 2. The van der Waals surface area contributed by atoms with Gasteiger partial charge in [-0.15, -0.1) is 11.3 Å². The number of hydrogen-bond acceptors (Lipinski definition) is 4. The number of aromatic amines is 2. The number of aryl methyl sites for hydroxylation is 1. The molecule has 0 aliphatic heterocycles. The lowest BCUT2D eigenvalue weighted by molar-refractivity contribution is 0.657. The van der Waals surface area contributed by atoms with E-state index in [-0.39, 0.29) is 5.13 Å². The second kappa shape index (κ2) is 11.2. The Balaban J connectivity index is 1.30. The molecule has 0 fully saturated rings. The van der Waals surface area contributed by atoms with E-state index in [1.165, 1.54) is 11.6 Å². The number of thiophene rings is 1. The van der Waals surface area contributed by atoms with Crippen molar-refractivity contribution in [3.05, 3.63) is 143 Å². The van der Waals surface area contributed by atoms with Gasteiger partial charge in [0.25, 0.3) is 0 Å². The normalized spacial score (nSPS) is 11.6. The molecule has 4 heterocycles. The van der Waals surface area contributed by atoms with Crippen molar-refractivity contribution >= 4 is 33.5 Å². The predicted molar refractivity (Wildman–Crippen MR) is 168 cm³/mol. The van der Waals surface area contributed by atoms with E-state index in [9.17, 15) is 4.39 Å². The lowest BCUT2D eigenvalue weighted by Crippen LogP contribution is -2.02. The molecule has 2 aromatic carbocycles. The van der Waals surface area contributed by atoms with Crippen molar-refractivity contribution in [3.8, 4) is 22.5 Å². The van der Waals surface area contributed by atoms with E-state index in [1.54, 1.807) is 18.3 Å². The molecule has 0 saturated carbocycles. The van der Waals surface area contributed by atoms with Crippen molar-refractivity contribution in [2.24, 2.45) is 0 Å². The summed E-state index contributed by atoms with van der Waals surface area (Å²) in [6, 6.07) is 23.9. The van der Waals surface area contributed by atoms with Crippen LogP contribution in [-0.2, 0) is 6.42 Å². The lowest BCUT2D eigenvalue weighted by atomic mass is 10.0. The highest BCUT2D eigenvalue weighted by molar-refractivity contribution is 7.11. The number of anilines is 1. The SMILES string of the molecule is C=C/C=C(/c1ccc(F)s1)c1cc(-c2n[nH]c3ccc(-c4cncc(NC(=C)Cc5ccccc5)c4)cc23)[nH]c1C.